The predicted octanol–water partition coefficient (Wildman–Crippen LogP) is 5.68. The second-order valence-electron chi connectivity index (χ2n) is 9.09. The van der Waals surface area contributed by atoms with Gasteiger partial charge in [-0.15, -0.1) is 6.58 Å². The van der Waals surface area contributed by atoms with Gasteiger partial charge in [-0.2, -0.15) is 0 Å². The molecule has 2 heterocycles. The van der Waals surface area contributed by atoms with Crippen molar-refractivity contribution in [2.45, 2.75) is 40.1 Å². The number of rotatable bonds is 6. The lowest BCUT2D eigenvalue weighted by Gasteiger charge is -2.41. The lowest BCUT2D eigenvalue weighted by molar-refractivity contribution is 0.0184. The van der Waals surface area contributed by atoms with Gasteiger partial charge in [0.25, 0.3) is 0 Å². The fourth-order valence-corrected chi connectivity index (χ4v) is 3.60. The number of fused-ring (bicyclic) bond motifs is 3. The summed E-state index contributed by atoms with van der Waals surface area (Å²) in [6.45, 7) is 14.5. The summed E-state index contributed by atoms with van der Waals surface area (Å²) in [6.07, 6.45) is 5.63. The lowest BCUT2D eigenvalue weighted by Crippen LogP contribution is -2.47. The Kier molecular flexibility index (Phi) is 5.40. The van der Waals surface area contributed by atoms with Gasteiger partial charge in [-0.1, -0.05) is 63.1 Å². The van der Waals surface area contributed by atoms with Gasteiger partial charge in [0.05, 0.1) is 16.6 Å². The quantitative estimate of drug-likeness (QED) is 0.234. The second-order valence-corrected chi connectivity index (χ2v) is 9.09. The van der Waals surface area contributed by atoms with E-state index in [1.165, 1.54) is 0 Å². The number of nitrogens with zero attached hydrogens (tertiary/aromatic N) is 3. The van der Waals surface area contributed by atoms with Crippen molar-refractivity contribution < 1.29 is 4.65 Å². The molecular formula is C26H28BN3O. The minimum Gasteiger partial charge on any atom is -0.426 e. The van der Waals surface area contributed by atoms with E-state index in [1.807, 2.05) is 24.4 Å². The zero-order valence-corrected chi connectivity index (χ0v) is 18.9. The van der Waals surface area contributed by atoms with Gasteiger partial charge in [-0.3, -0.25) is 4.98 Å². The van der Waals surface area contributed by atoms with E-state index in [1.54, 1.807) is 6.20 Å². The maximum Gasteiger partial charge on any atom is 0.324 e. The third-order valence-corrected chi connectivity index (χ3v) is 6.50. The summed E-state index contributed by atoms with van der Waals surface area (Å²) >= 11 is 0. The number of aromatic nitrogens is 3. The van der Waals surface area contributed by atoms with Crippen LogP contribution in [0.4, 0.5) is 0 Å². The molecule has 0 aliphatic heterocycles. The second kappa shape index (κ2) is 7.90. The molecule has 0 aliphatic rings. The Bertz CT molecular complexity index is 1250. The first-order valence-corrected chi connectivity index (χ1v) is 10.6. The number of benzene rings is 2. The van der Waals surface area contributed by atoms with Crippen LogP contribution >= 0.6 is 0 Å². The molecule has 0 saturated heterocycles. The molecule has 0 unspecified atom stereocenters. The average molecular weight is 409 g/mol. The summed E-state index contributed by atoms with van der Waals surface area (Å²) in [5, 5.41) is 2.06. The van der Waals surface area contributed by atoms with Crippen LogP contribution in [0.25, 0.3) is 33.2 Å². The first-order valence-electron chi connectivity index (χ1n) is 10.6. The molecule has 4 nitrogen and oxygen atoms in total. The highest BCUT2D eigenvalue weighted by molar-refractivity contribution is 6.66. The summed E-state index contributed by atoms with van der Waals surface area (Å²) in [4.78, 5) is 13.9. The molecule has 0 aliphatic carbocycles. The highest BCUT2D eigenvalue weighted by atomic mass is 16.5. The molecule has 5 heteroatoms. The smallest absolute Gasteiger partial charge is 0.324 e. The molecule has 0 radical (unpaired) electrons. The van der Waals surface area contributed by atoms with Crippen LogP contribution in [-0.2, 0) is 4.65 Å². The van der Waals surface area contributed by atoms with Gasteiger partial charge in [0.15, 0.2) is 5.82 Å². The summed E-state index contributed by atoms with van der Waals surface area (Å²) in [6, 6.07) is 16.4. The zero-order chi connectivity index (χ0) is 22.2. The topological polar surface area (TPSA) is 47.9 Å². The SMILES string of the molecule is C=CC(C)(C)C(C)(C)OB(C)c1ccc(-c2ncc3c(ccc4cccnc43)n2)cc1. The van der Waals surface area contributed by atoms with Gasteiger partial charge in [0, 0.05) is 34.1 Å². The van der Waals surface area contributed by atoms with Gasteiger partial charge in [0.2, 0.25) is 0 Å². The van der Waals surface area contributed by atoms with Crippen LogP contribution in [0.15, 0.2) is 73.6 Å². The van der Waals surface area contributed by atoms with E-state index in [2.05, 4.69) is 87.5 Å². The Hall–Kier alpha value is -3.05. The van der Waals surface area contributed by atoms with Crippen LogP contribution in [0.3, 0.4) is 0 Å². The highest BCUT2D eigenvalue weighted by Gasteiger charge is 2.37. The van der Waals surface area contributed by atoms with Crippen LogP contribution in [0.2, 0.25) is 6.82 Å². The molecule has 0 spiro atoms. The molecule has 0 saturated carbocycles. The van der Waals surface area contributed by atoms with E-state index in [0.29, 0.717) is 5.82 Å². The molecular weight excluding hydrogens is 381 g/mol. The maximum atomic E-state index is 6.41. The number of hydrogen-bond acceptors (Lipinski definition) is 4. The van der Waals surface area contributed by atoms with Gasteiger partial charge in [-0.05, 0) is 31.4 Å². The first-order chi connectivity index (χ1) is 14.7. The Morgan fingerprint density at radius 3 is 2.42 bits per heavy atom. The monoisotopic (exact) mass is 409 g/mol. The standard InChI is InChI=1S/C26H28BN3O/c1-7-25(2,3)26(4,5)31-27(6)20-13-10-19(11-14-20)24-29-17-21-22(30-24)15-12-18-9-8-16-28-23(18)21/h7-17H,1H2,2-6H3. The van der Waals surface area contributed by atoms with Crippen molar-refractivity contribution in [3.63, 3.8) is 0 Å². The molecule has 156 valence electrons. The number of pyridine rings is 1. The fourth-order valence-electron chi connectivity index (χ4n) is 3.60. The van der Waals surface area contributed by atoms with E-state index in [-0.39, 0.29) is 17.9 Å². The average Bonchev–Trinajstić information content (AvgIpc) is 2.78. The highest BCUT2D eigenvalue weighted by Crippen LogP contribution is 2.35. The van der Waals surface area contributed by atoms with E-state index in [4.69, 9.17) is 9.64 Å². The third-order valence-electron chi connectivity index (χ3n) is 6.50. The van der Waals surface area contributed by atoms with Crippen molar-refractivity contribution >= 4 is 34.2 Å². The van der Waals surface area contributed by atoms with Gasteiger partial charge < -0.3 is 4.65 Å². The molecule has 0 bridgehead atoms. The summed E-state index contributed by atoms with van der Waals surface area (Å²) in [7, 11) is 0. The summed E-state index contributed by atoms with van der Waals surface area (Å²) < 4.78 is 6.41. The van der Waals surface area contributed by atoms with E-state index in [9.17, 15) is 0 Å². The summed E-state index contributed by atoms with van der Waals surface area (Å²) in [5.41, 5.74) is 3.44. The Balaban J connectivity index is 1.60. The van der Waals surface area contributed by atoms with Crippen LogP contribution in [-0.4, -0.2) is 27.5 Å². The van der Waals surface area contributed by atoms with Crippen LogP contribution in [0.1, 0.15) is 27.7 Å². The van der Waals surface area contributed by atoms with E-state index < -0.39 is 0 Å². The van der Waals surface area contributed by atoms with Crippen molar-refractivity contribution in [2.24, 2.45) is 5.41 Å². The van der Waals surface area contributed by atoms with Crippen molar-refractivity contribution in [1.29, 1.82) is 0 Å². The number of hydrogen-bond donors (Lipinski definition) is 0. The lowest BCUT2D eigenvalue weighted by atomic mass is 9.61. The molecule has 2 aromatic heterocycles. The fraction of sp³-hybridized carbons (Fsp3) is 0.269. The van der Waals surface area contributed by atoms with Gasteiger partial charge in [-0.25, -0.2) is 9.97 Å². The Labute approximate surface area is 184 Å². The zero-order valence-electron chi connectivity index (χ0n) is 18.9. The normalized spacial score (nSPS) is 12.3. The van der Waals surface area contributed by atoms with Crippen molar-refractivity contribution in [2.75, 3.05) is 0 Å². The maximum absolute atomic E-state index is 6.41. The molecule has 31 heavy (non-hydrogen) atoms. The molecule has 4 rings (SSSR count). The molecule has 0 N–H and O–H groups in total. The summed E-state index contributed by atoms with van der Waals surface area (Å²) in [5.74, 6) is 0.705. The molecule has 0 atom stereocenters. The molecule has 2 aromatic carbocycles. The largest absolute Gasteiger partial charge is 0.426 e. The Morgan fingerprint density at radius 1 is 0.968 bits per heavy atom. The molecule has 0 fully saturated rings. The minimum absolute atomic E-state index is 0.0433. The molecule has 4 aromatic rings. The molecule has 0 amide bonds. The van der Waals surface area contributed by atoms with E-state index in [0.717, 1.165) is 32.8 Å². The Morgan fingerprint density at radius 2 is 1.71 bits per heavy atom. The first kappa shape index (κ1) is 21.2. The van der Waals surface area contributed by atoms with Crippen LogP contribution in [0, 0.1) is 5.41 Å². The van der Waals surface area contributed by atoms with Gasteiger partial charge in [0.1, 0.15) is 0 Å². The van der Waals surface area contributed by atoms with Crippen molar-refractivity contribution in [3.8, 4) is 11.4 Å². The third kappa shape index (κ3) is 3.98. The van der Waals surface area contributed by atoms with Crippen LogP contribution < -0.4 is 5.46 Å². The minimum atomic E-state index is -0.342. The van der Waals surface area contributed by atoms with E-state index >= 15 is 0 Å². The van der Waals surface area contributed by atoms with Gasteiger partial charge >= 0.3 is 6.92 Å². The van der Waals surface area contributed by atoms with Crippen molar-refractivity contribution in [1.82, 2.24) is 15.0 Å². The predicted molar refractivity (Wildman–Crippen MR) is 131 cm³/mol. The van der Waals surface area contributed by atoms with Crippen molar-refractivity contribution in [3.05, 3.63) is 73.6 Å². The van der Waals surface area contributed by atoms with Crippen LogP contribution in [0.5, 0.6) is 0 Å².